The van der Waals surface area contributed by atoms with Gasteiger partial charge in [-0.3, -0.25) is 9.71 Å². The number of pyridine rings is 1. The molecule has 0 bridgehead atoms. The maximum atomic E-state index is 12.8. The summed E-state index contributed by atoms with van der Waals surface area (Å²) in [4.78, 5) is 3.29. The molecule has 0 aliphatic rings. The second-order valence-corrected chi connectivity index (χ2v) is 7.06. The standard InChI is InChI=1S/C12H8BCl2F3N2O2S/c13-11-10(3-6(14)5-19-11)20-23(21,22)7-1-2-9(15)8(4-7)12(16,17)18/h1-5,20H,13H2. The second kappa shape index (κ2) is 6.22. The van der Waals surface area contributed by atoms with Gasteiger partial charge in [-0.1, -0.05) is 23.2 Å². The lowest BCUT2D eigenvalue weighted by atomic mass is 10.0. The van der Waals surface area contributed by atoms with Crippen molar-refractivity contribution >= 4 is 52.4 Å². The van der Waals surface area contributed by atoms with Gasteiger partial charge in [0.2, 0.25) is 0 Å². The predicted octanol–water partition coefficient (Wildman–Crippen LogP) is 2.47. The van der Waals surface area contributed by atoms with Gasteiger partial charge in [0.05, 0.1) is 26.2 Å². The van der Waals surface area contributed by atoms with Crippen LogP contribution in [-0.4, -0.2) is 21.2 Å². The van der Waals surface area contributed by atoms with E-state index in [9.17, 15) is 21.6 Å². The van der Waals surface area contributed by atoms with E-state index in [1.807, 2.05) is 0 Å². The monoisotopic (exact) mass is 382 g/mol. The molecule has 1 N–H and O–H groups in total. The summed E-state index contributed by atoms with van der Waals surface area (Å²) in [5.74, 6) is 0. The van der Waals surface area contributed by atoms with E-state index in [0.717, 1.165) is 12.1 Å². The van der Waals surface area contributed by atoms with E-state index < -0.39 is 31.7 Å². The van der Waals surface area contributed by atoms with Crippen molar-refractivity contribution in [3.63, 3.8) is 0 Å². The molecule has 23 heavy (non-hydrogen) atoms. The van der Waals surface area contributed by atoms with Crippen molar-refractivity contribution in [2.24, 2.45) is 0 Å². The number of halogens is 5. The molecular weight excluding hydrogens is 375 g/mol. The minimum absolute atomic E-state index is 0.0704. The molecule has 0 aliphatic carbocycles. The van der Waals surface area contributed by atoms with Crippen molar-refractivity contribution in [3.8, 4) is 0 Å². The van der Waals surface area contributed by atoms with Crippen molar-refractivity contribution in [3.05, 3.63) is 46.1 Å². The maximum absolute atomic E-state index is 12.8. The number of nitrogens with zero attached hydrogens (tertiary/aromatic N) is 1. The molecule has 1 aromatic heterocycles. The van der Waals surface area contributed by atoms with Crippen LogP contribution in [0.1, 0.15) is 5.56 Å². The molecule has 0 aliphatic heterocycles. The van der Waals surface area contributed by atoms with Gasteiger partial charge in [0.15, 0.2) is 7.85 Å². The highest BCUT2D eigenvalue weighted by Crippen LogP contribution is 2.36. The fraction of sp³-hybridized carbons (Fsp3) is 0.0833. The Morgan fingerprint density at radius 3 is 2.43 bits per heavy atom. The Balaban J connectivity index is 2.46. The summed E-state index contributed by atoms with van der Waals surface area (Å²) in [7, 11) is -2.73. The molecule has 2 aromatic rings. The lowest BCUT2D eigenvalue weighted by Crippen LogP contribution is -2.21. The van der Waals surface area contributed by atoms with Crippen LogP contribution >= 0.6 is 23.2 Å². The predicted molar refractivity (Wildman–Crippen MR) is 84.7 cm³/mol. The van der Waals surface area contributed by atoms with E-state index in [1.54, 1.807) is 0 Å². The smallest absolute Gasteiger partial charge is 0.279 e. The summed E-state index contributed by atoms with van der Waals surface area (Å²) in [6.45, 7) is 0. The average Bonchev–Trinajstić information content (AvgIpc) is 2.41. The Morgan fingerprint density at radius 2 is 1.83 bits per heavy atom. The van der Waals surface area contributed by atoms with Gasteiger partial charge in [-0.05, 0) is 24.3 Å². The molecule has 0 spiro atoms. The first-order valence-corrected chi connectivity index (χ1v) is 8.26. The maximum Gasteiger partial charge on any atom is 0.417 e. The van der Waals surface area contributed by atoms with Crippen LogP contribution in [0, 0.1) is 0 Å². The molecule has 0 amide bonds. The molecule has 122 valence electrons. The van der Waals surface area contributed by atoms with Crippen LogP contribution < -0.4 is 10.3 Å². The Labute approximate surface area is 141 Å². The van der Waals surface area contributed by atoms with Gasteiger partial charge in [0, 0.05) is 11.8 Å². The number of sulfonamides is 1. The first-order chi connectivity index (χ1) is 10.5. The second-order valence-electron chi connectivity index (χ2n) is 4.53. The number of hydrogen-bond acceptors (Lipinski definition) is 3. The van der Waals surface area contributed by atoms with Gasteiger partial charge in [0.25, 0.3) is 10.0 Å². The molecule has 0 unspecified atom stereocenters. The van der Waals surface area contributed by atoms with Crippen molar-refractivity contribution in [1.29, 1.82) is 0 Å². The molecule has 0 radical (unpaired) electrons. The summed E-state index contributed by atoms with van der Waals surface area (Å²) >= 11 is 11.2. The van der Waals surface area contributed by atoms with Crippen LogP contribution in [0.25, 0.3) is 0 Å². The molecule has 0 saturated heterocycles. The summed E-state index contributed by atoms with van der Waals surface area (Å²) < 4.78 is 65.2. The van der Waals surface area contributed by atoms with Crippen LogP contribution in [-0.2, 0) is 16.2 Å². The fourth-order valence-corrected chi connectivity index (χ4v) is 3.22. The largest absolute Gasteiger partial charge is 0.417 e. The topological polar surface area (TPSA) is 59.1 Å². The Bertz CT molecular complexity index is 860. The van der Waals surface area contributed by atoms with Crippen LogP contribution in [0.15, 0.2) is 35.4 Å². The van der Waals surface area contributed by atoms with Gasteiger partial charge in [-0.25, -0.2) is 8.42 Å². The first kappa shape index (κ1) is 17.9. The van der Waals surface area contributed by atoms with Crippen LogP contribution in [0.4, 0.5) is 18.9 Å². The zero-order valence-corrected chi connectivity index (χ0v) is 13.8. The van der Waals surface area contributed by atoms with Crippen molar-refractivity contribution in [2.75, 3.05) is 4.72 Å². The number of benzene rings is 1. The van der Waals surface area contributed by atoms with E-state index in [2.05, 4.69) is 9.71 Å². The lowest BCUT2D eigenvalue weighted by Gasteiger charge is -2.13. The van der Waals surface area contributed by atoms with E-state index in [4.69, 9.17) is 23.2 Å². The van der Waals surface area contributed by atoms with Crippen LogP contribution in [0.3, 0.4) is 0 Å². The highest BCUT2D eigenvalue weighted by molar-refractivity contribution is 7.92. The molecule has 0 fully saturated rings. The minimum atomic E-state index is -4.77. The normalized spacial score (nSPS) is 12.2. The van der Waals surface area contributed by atoms with E-state index in [1.165, 1.54) is 20.1 Å². The zero-order valence-electron chi connectivity index (χ0n) is 11.4. The van der Waals surface area contributed by atoms with Gasteiger partial charge < -0.3 is 0 Å². The summed E-state index contributed by atoms with van der Waals surface area (Å²) in [6, 6.07) is 3.63. The average molecular weight is 383 g/mol. The van der Waals surface area contributed by atoms with Gasteiger partial charge in [-0.2, -0.15) is 13.2 Å². The first-order valence-electron chi connectivity index (χ1n) is 6.02. The van der Waals surface area contributed by atoms with Crippen LogP contribution in [0.5, 0.6) is 0 Å². The third-order valence-corrected chi connectivity index (χ3v) is 4.75. The molecule has 1 aromatic carbocycles. The van der Waals surface area contributed by atoms with Crippen molar-refractivity contribution in [2.45, 2.75) is 11.1 Å². The molecule has 4 nitrogen and oxygen atoms in total. The molecular formula is C12H8BCl2F3N2O2S. The molecule has 2 rings (SSSR count). The Morgan fingerprint density at radius 1 is 1.17 bits per heavy atom. The number of alkyl halides is 3. The van der Waals surface area contributed by atoms with E-state index in [-0.39, 0.29) is 10.7 Å². The number of nitrogens with one attached hydrogen (secondary N) is 1. The van der Waals surface area contributed by atoms with E-state index >= 15 is 0 Å². The quantitative estimate of drug-likeness (QED) is 0.829. The SMILES string of the molecule is Bc1ncc(Cl)cc1NS(=O)(=O)c1ccc(Cl)c(C(F)(F)F)c1. The molecule has 0 saturated carbocycles. The Hall–Kier alpha value is -1.45. The number of hydrogen-bond donors (Lipinski definition) is 1. The summed E-state index contributed by atoms with van der Waals surface area (Å²) in [5, 5.41) is -0.405. The van der Waals surface area contributed by atoms with Gasteiger partial charge in [0.1, 0.15) is 0 Å². The Kier molecular flexibility index (Phi) is 4.84. The minimum Gasteiger partial charge on any atom is -0.279 e. The van der Waals surface area contributed by atoms with Crippen molar-refractivity contribution < 1.29 is 21.6 Å². The fourth-order valence-electron chi connectivity index (χ4n) is 1.70. The molecule has 11 heteroatoms. The number of anilines is 1. The number of aromatic nitrogens is 1. The third kappa shape index (κ3) is 4.10. The number of rotatable bonds is 3. The zero-order chi connectivity index (χ0) is 17.4. The van der Waals surface area contributed by atoms with Gasteiger partial charge in [-0.15, -0.1) is 0 Å². The van der Waals surface area contributed by atoms with Crippen molar-refractivity contribution in [1.82, 2.24) is 4.98 Å². The molecule has 0 atom stereocenters. The molecule has 1 heterocycles. The highest BCUT2D eigenvalue weighted by atomic mass is 35.5. The third-order valence-electron chi connectivity index (χ3n) is 2.85. The summed E-state index contributed by atoms with van der Waals surface area (Å²) in [6.07, 6.45) is -3.45. The van der Waals surface area contributed by atoms with Gasteiger partial charge >= 0.3 is 6.18 Å². The lowest BCUT2D eigenvalue weighted by molar-refractivity contribution is -0.137. The van der Waals surface area contributed by atoms with E-state index in [0.29, 0.717) is 11.7 Å². The van der Waals surface area contributed by atoms with Crippen LogP contribution in [0.2, 0.25) is 10.0 Å². The highest BCUT2D eigenvalue weighted by Gasteiger charge is 2.34. The summed E-state index contributed by atoms with van der Waals surface area (Å²) in [5.41, 5.74) is -0.841.